The lowest BCUT2D eigenvalue weighted by Gasteiger charge is -2.24. The smallest absolute Gasteiger partial charge is 0.148 e. The van der Waals surface area contributed by atoms with Crippen LogP contribution in [0.25, 0.3) is 0 Å². The second-order valence-electron chi connectivity index (χ2n) is 4.31. The summed E-state index contributed by atoms with van der Waals surface area (Å²) in [5, 5.41) is 3.23. The van der Waals surface area contributed by atoms with Gasteiger partial charge in [-0.25, -0.2) is 9.97 Å². The van der Waals surface area contributed by atoms with Crippen LogP contribution < -0.4 is 10.2 Å². The number of hydrogen-bond acceptors (Lipinski definition) is 5. The lowest BCUT2D eigenvalue weighted by atomic mass is 10.4. The molecule has 0 bridgehead atoms. The van der Waals surface area contributed by atoms with Gasteiger partial charge >= 0.3 is 0 Å². The molecular weight excluding hydrogens is 296 g/mol. The largest absolute Gasteiger partial charge is 0.383 e. The molecule has 0 radical (unpaired) electrons. The summed E-state index contributed by atoms with van der Waals surface area (Å²) < 4.78 is 6.11. The highest BCUT2D eigenvalue weighted by molar-refractivity contribution is 9.10. The maximum atomic E-state index is 5.17. The third-order valence-corrected chi connectivity index (χ3v) is 3.64. The van der Waals surface area contributed by atoms with Gasteiger partial charge in [-0.15, -0.1) is 0 Å². The minimum Gasteiger partial charge on any atom is -0.383 e. The number of anilines is 2. The fourth-order valence-electron chi connectivity index (χ4n) is 1.89. The van der Waals surface area contributed by atoms with Crippen molar-refractivity contribution in [2.75, 3.05) is 37.0 Å². The van der Waals surface area contributed by atoms with Gasteiger partial charge in [0.05, 0.1) is 6.61 Å². The molecule has 1 N–H and O–H groups in total. The van der Waals surface area contributed by atoms with Gasteiger partial charge in [0, 0.05) is 26.2 Å². The summed E-state index contributed by atoms with van der Waals surface area (Å²) in [6, 6.07) is 0.598. The Morgan fingerprint density at radius 2 is 2.28 bits per heavy atom. The Bertz CT molecular complexity index is 398. The SMILES string of the molecule is CCNc1ncnc(N(CCOC)C2CC2)c1Br. The second-order valence-corrected chi connectivity index (χ2v) is 5.10. The highest BCUT2D eigenvalue weighted by atomic mass is 79.9. The van der Waals surface area contributed by atoms with Gasteiger partial charge in [0.2, 0.25) is 0 Å². The zero-order chi connectivity index (χ0) is 13.0. The van der Waals surface area contributed by atoms with E-state index in [0.717, 1.165) is 29.2 Å². The quantitative estimate of drug-likeness (QED) is 0.836. The molecule has 0 unspecified atom stereocenters. The van der Waals surface area contributed by atoms with E-state index in [9.17, 15) is 0 Å². The number of aromatic nitrogens is 2. The number of hydrogen-bond donors (Lipinski definition) is 1. The molecule has 6 heteroatoms. The maximum Gasteiger partial charge on any atom is 0.148 e. The van der Waals surface area contributed by atoms with Crippen LogP contribution in [0.15, 0.2) is 10.8 Å². The Hall–Kier alpha value is -0.880. The fourth-order valence-corrected chi connectivity index (χ4v) is 2.46. The third-order valence-electron chi connectivity index (χ3n) is 2.91. The lowest BCUT2D eigenvalue weighted by molar-refractivity contribution is 0.204. The van der Waals surface area contributed by atoms with Gasteiger partial charge in [-0.3, -0.25) is 0 Å². The molecule has 0 amide bonds. The zero-order valence-electron chi connectivity index (χ0n) is 10.8. The first-order chi connectivity index (χ1) is 8.77. The topological polar surface area (TPSA) is 50.3 Å². The Kier molecular flexibility index (Phi) is 4.77. The van der Waals surface area contributed by atoms with Crippen molar-refractivity contribution in [2.24, 2.45) is 0 Å². The number of halogens is 1. The maximum absolute atomic E-state index is 5.17. The molecule has 1 fully saturated rings. The average Bonchev–Trinajstić information content (AvgIpc) is 3.19. The van der Waals surface area contributed by atoms with Crippen molar-refractivity contribution in [3.05, 3.63) is 10.8 Å². The van der Waals surface area contributed by atoms with Gasteiger partial charge in [-0.05, 0) is 35.7 Å². The Balaban J connectivity index is 2.20. The van der Waals surface area contributed by atoms with Crippen LogP contribution in [0, 0.1) is 0 Å². The molecule has 1 aromatic heterocycles. The number of rotatable bonds is 7. The van der Waals surface area contributed by atoms with Crippen LogP contribution in [0.1, 0.15) is 19.8 Å². The van der Waals surface area contributed by atoms with Crippen molar-refractivity contribution in [3.63, 3.8) is 0 Å². The number of nitrogens with zero attached hydrogens (tertiary/aromatic N) is 3. The summed E-state index contributed by atoms with van der Waals surface area (Å²) in [7, 11) is 1.73. The molecule has 1 heterocycles. The van der Waals surface area contributed by atoms with E-state index in [1.807, 2.05) is 0 Å². The van der Waals surface area contributed by atoms with Gasteiger partial charge in [0.1, 0.15) is 22.4 Å². The van der Waals surface area contributed by atoms with Crippen molar-refractivity contribution in [2.45, 2.75) is 25.8 Å². The molecule has 2 rings (SSSR count). The molecule has 1 aromatic rings. The van der Waals surface area contributed by atoms with Gasteiger partial charge in [-0.2, -0.15) is 0 Å². The predicted molar refractivity (Wildman–Crippen MR) is 76.1 cm³/mol. The fraction of sp³-hybridized carbons (Fsp3) is 0.667. The van der Waals surface area contributed by atoms with E-state index in [1.165, 1.54) is 12.8 Å². The van der Waals surface area contributed by atoms with E-state index in [0.29, 0.717) is 12.6 Å². The first kappa shape index (κ1) is 13.5. The highest BCUT2D eigenvalue weighted by Gasteiger charge is 2.31. The minimum absolute atomic E-state index is 0.598. The molecule has 100 valence electrons. The first-order valence-corrected chi connectivity index (χ1v) is 7.07. The van der Waals surface area contributed by atoms with Crippen molar-refractivity contribution in [1.29, 1.82) is 0 Å². The Morgan fingerprint density at radius 3 is 2.89 bits per heavy atom. The summed E-state index contributed by atoms with van der Waals surface area (Å²) >= 11 is 3.60. The Labute approximate surface area is 116 Å². The zero-order valence-corrected chi connectivity index (χ0v) is 12.4. The molecule has 0 spiro atoms. The van der Waals surface area contributed by atoms with E-state index < -0.39 is 0 Å². The molecule has 0 aromatic carbocycles. The molecular formula is C12H19BrN4O. The standard InChI is InChI=1S/C12H19BrN4O/c1-3-14-11-10(13)12(16-8-15-11)17(6-7-18-2)9-4-5-9/h8-9H,3-7H2,1-2H3,(H,14,15,16). The molecule has 5 nitrogen and oxygen atoms in total. The molecule has 0 saturated heterocycles. The minimum atomic E-state index is 0.598. The van der Waals surface area contributed by atoms with Crippen LogP contribution in [0.5, 0.6) is 0 Å². The third kappa shape index (κ3) is 3.11. The van der Waals surface area contributed by atoms with E-state index in [4.69, 9.17) is 4.74 Å². The summed E-state index contributed by atoms with van der Waals surface area (Å²) in [6.45, 7) is 4.47. The molecule has 0 aliphatic heterocycles. The van der Waals surface area contributed by atoms with E-state index >= 15 is 0 Å². The predicted octanol–water partition coefficient (Wildman–Crippen LogP) is 2.29. The van der Waals surface area contributed by atoms with Crippen LogP contribution in [0.4, 0.5) is 11.6 Å². The molecule has 1 saturated carbocycles. The monoisotopic (exact) mass is 314 g/mol. The summed E-state index contributed by atoms with van der Waals surface area (Å²) in [5.74, 6) is 1.81. The second kappa shape index (κ2) is 6.33. The number of methoxy groups -OCH3 is 1. The lowest BCUT2D eigenvalue weighted by Crippen LogP contribution is -2.30. The highest BCUT2D eigenvalue weighted by Crippen LogP contribution is 2.36. The normalized spacial score (nSPS) is 14.6. The van der Waals surface area contributed by atoms with E-state index in [-0.39, 0.29) is 0 Å². The van der Waals surface area contributed by atoms with Gasteiger partial charge < -0.3 is 15.0 Å². The van der Waals surface area contributed by atoms with Crippen LogP contribution >= 0.6 is 15.9 Å². The van der Waals surface area contributed by atoms with Gasteiger partial charge in [0.25, 0.3) is 0 Å². The molecule has 1 aliphatic carbocycles. The Morgan fingerprint density at radius 1 is 1.50 bits per heavy atom. The summed E-state index contributed by atoms with van der Waals surface area (Å²) in [6.07, 6.45) is 4.08. The van der Waals surface area contributed by atoms with Gasteiger partial charge in [0.15, 0.2) is 0 Å². The molecule has 18 heavy (non-hydrogen) atoms. The van der Waals surface area contributed by atoms with Crippen LogP contribution in [-0.2, 0) is 4.74 Å². The van der Waals surface area contributed by atoms with Crippen LogP contribution in [-0.4, -0.2) is 42.8 Å². The van der Waals surface area contributed by atoms with E-state index in [2.05, 4.69) is 43.0 Å². The van der Waals surface area contributed by atoms with Crippen LogP contribution in [0.3, 0.4) is 0 Å². The molecule has 1 aliphatic rings. The number of ether oxygens (including phenoxy) is 1. The summed E-state index contributed by atoms with van der Waals surface area (Å²) in [4.78, 5) is 11.0. The molecule has 0 atom stereocenters. The van der Waals surface area contributed by atoms with Crippen molar-refractivity contribution in [3.8, 4) is 0 Å². The van der Waals surface area contributed by atoms with Crippen molar-refractivity contribution < 1.29 is 4.74 Å². The van der Waals surface area contributed by atoms with Crippen molar-refractivity contribution in [1.82, 2.24) is 9.97 Å². The van der Waals surface area contributed by atoms with Crippen LogP contribution in [0.2, 0.25) is 0 Å². The number of nitrogens with one attached hydrogen (secondary N) is 1. The average molecular weight is 315 g/mol. The van der Waals surface area contributed by atoms with Gasteiger partial charge in [-0.1, -0.05) is 0 Å². The van der Waals surface area contributed by atoms with E-state index in [1.54, 1.807) is 13.4 Å². The summed E-state index contributed by atoms with van der Waals surface area (Å²) in [5.41, 5.74) is 0. The van der Waals surface area contributed by atoms with Crippen molar-refractivity contribution >= 4 is 27.6 Å². The first-order valence-electron chi connectivity index (χ1n) is 6.27.